The summed E-state index contributed by atoms with van der Waals surface area (Å²) in [4.78, 5) is 13.5. The van der Waals surface area contributed by atoms with Gasteiger partial charge < -0.3 is 10.1 Å². The lowest BCUT2D eigenvalue weighted by Gasteiger charge is -2.26. The van der Waals surface area contributed by atoms with Crippen molar-refractivity contribution in [3.63, 3.8) is 0 Å². The molecule has 1 amide bonds. The predicted octanol–water partition coefficient (Wildman–Crippen LogP) is 0.604. The SMILES string of the molecule is O=C(c1csnn1)N1CCC(=NO)CC1. The van der Waals surface area contributed by atoms with E-state index in [-0.39, 0.29) is 5.91 Å². The molecule has 1 N–H and O–H groups in total. The average molecular weight is 226 g/mol. The van der Waals surface area contributed by atoms with Crippen molar-refractivity contribution in [3.8, 4) is 0 Å². The Morgan fingerprint density at radius 2 is 2.27 bits per heavy atom. The molecular formula is C8H10N4O2S. The Morgan fingerprint density at radius 3 is 2.80 bits per heavy atom. The summed E-state index contributed by atoms with van der Waals surface area (Å²) in [6.45, 7) is 1.16. The van der Waals surface area contributed by atoms with Crippen molar-refractivity contribution in [1.82, 2.24) is 14.5 Å². The molecule has 0 aromatic carbocycles. The molecule has 0 atom stereocenters. The van der Waals surface area contributed by atoms with E-state index in [9.17, 15) is 4.79 Å². The summed E-state index contributed by atoms with van der Waals surface area (Å²) in [5.41, 5.74) is 1.14. The molecule has 1 aliphatic heterocycles. The Kier molecular flexibility index (Phi) is 2.91. The minimum atomic E-state index is -0.0965. The standard InChI is InChI=1S/C8H10N4O2S/c13-8(7-5-15-11-9-7)12-3-1-6(10-14)2-4-12/h5,14H,1-4H2. The van der Waals surface area contributed by atoms with E-state index in [1.165, 1.54) is 0 Å². The van der Waals surface area contributed by atoms with Gasteiger partial charge in [0, 0.05) is 31.3 Å². The summed E-state index contributed by atoms with van der Waals surface area (Å²) in [5, 5.41) is 17.1. The first-order valence-corrected chi connectivity index (χ1v) is 5.41. The summed E-state index contributed by atoms with van der Waals surface area (Å²) in [6.07, 6.45) is 1.25. The summed E-state index contributed by atoms with van der Waals surface area (Å²) >= 11 is 1.16. The summed E-state index contributed by atoms with van der Waals surface area (Å²) in [6, 6.07) is 0. The van der Waals surface area contributed by atoms with Gasteiger partial charge >= 0.3 is 0 Å². The van der Waals surface area contributed by atoms with Gasteiger partial charge in [-0.15, -0.1) is 5.10 Å². The number of aromatic nitrogens is 2. The number of likely N-dealkylation sites (tertiary alicyclic amines) is 1. The van der Waals surface area contributed by atoms with Gasteiger partial charge in [-0.05, 0) is 11.5 Å². The maximum Gasteiger partial charge on any atom is 0.275 e. The number of carbonyl (C=O) groups is 1. The number of hydrogen-bond acceptors (Lipinski definition) is 6. The zero-order valence-corrected chi connectivity index (χ0v) is 8.77. The van der Waals surface area contributed by atoms with Crippen molar-refractivity contribution in [2.45, 2.75) is 12.8 Å². The Hall–Kier alpha value is -1.50. The minimum Gasteiger partial charge on any atom is -0.411 e. The fourth-order valence-corrected chi connectivity index (χ4v) is 1.92. The fourth-order valence-electron chi connectivity index (χ4n) is 1.49. The van der Waals surface area contributed by atoms with E-state index in [0.29, 0.717) is 31.6 Å². The monoisotopic (exact) mass is 226 g/mol. The molecule has 0 radical (unpaired) electrons. The summed E-state index contributed by atoms with van der Waals surface area (Å²) in [5.74, 6) is -0.0965. The average Bonchev–Trinajstić information content (AvgIpc) is 2.82. The summed E-state index contributed by atoms with van der Waals surface area (Å²) < 4.78 is 3.65. The third-order valence-corrected chi connectivity index (χ3v) is 2.85. The van der Waals surface area contributed by atoms with Crippen LogP contribution in [0, 0.1) is 0 Å². The molecule has 0 spiro atoms. The van der Waals surface area contributed by atoms with Gasteiger partial charge in [-0.3, -0.25) is 4.79 Å². The van der Waals surface area contributed by atoms with Gasteiger partial charge in [0.15, 0.2) is 5.69 Å². The molecule has 0 unspecified atom stereocenters. The molecule has 1 aromatic heterocycles. The number of carbonyl (C=O) groups excluding carboxylic acids is 1. The van der Waals surface area contributed by atoms with Gasteiger partial charge in [0.25, 0.3) is 5.91 Å². The minimum absolute atomic E-state index is 0.0965. The topological polar surface area (TPSA) is 78.7 Å². The van der Waals surface area contributed by atoms with Crippen LogP contribution in [0.15, 0.2) is 10.5 Å². The Balaban J connectivity index is 1.99. The fraction of sp³-hybridized carbons (Fsp3) is 0.500. The summed E-state index contributed by atoms with van der Waals surface area (Å²) in [7, 11) is 0. The van der Waals surface area contributed by atoms with Crippen LogP contribution in [0.5, 0.6) is 0 Å². The molecule has 15 heavy (non-hydrogen) atoms. The van der Waals surface area contributed by atoms with E-state index in [1.807, 2.05) is 0 Å². The van der Waals surface area contributed by atoms with Crippen molar-refractivity contribution >= 4 is 23.2 Å². The zero-order chi connectivity index (χ0) is 10.7. The Bertz CT molecular complexity index is 366. The number of nitrogens with zero attached hydrogens (tertiary/aromatic N) is 4. The highest BCUT2D eigenvalue weighted by Crippen LogP contribution is 2.11. The van der Waals surface area contributed by atoms with Crippen molar-refractivity contribution in [2.75, 3.05) is 13.1 Å². The van der Waals surface area contributed by atoms with Crippen LogP contribution in [0.3, 0.4) is 0 Å². The van der Waals surface area contributed by atoms with E-state index in [4.69, 9.17) is 5.21 Å². The highest BCUT2D eigenvalue weighted by Gasteiger charge is 2.22. The first-order valence-electron chi connectivity index (χ1n) is 4.57. The molecule has 0 saturated carbocycles. The van der Waals surface area contributed by atoms with Gasteiger partial charge in [0.05, 0.1) is 5.71 Å². The van der Waals surface area contributed by atoms with E-state index in [2.05, 4.69) is 14.7 Å². The molecule has 6 nitrogen and oxygen atoms in total. The van der Waals surface area contributed by atoms with Crippen LogP contribution in [0.2, 0.25) is 0 Å². The number of oxime groups is 1. The maximum atomic E-state index is 11.8. The van der Waals surface area contributed by atoms with Crippen LogP contribution in [0.25, 0.3) is 0 Å². The first-order chi connectivity index (χ1) is 7.31. The van der Waals surface area contributed by atoms with Crippen molar-refractivity contribution in [2.24, 2.45) is 5.16 Å². The molecular weight excluding hydrogens is 216 g/mol. The zero-order valence-electron chi connectivity index (χ0n) is 7.96. The van der Waals surface area contributed by atoms with E-state index < -0.39 is 0 Å². The van der Waals surface area contributed by atoms with E-state index in [0.717, 1.165) is 17.2 Å². The van der Waals surface area contributed by atoms with Gasteiger partial charge in [0.2, 0.25) is 0 Å². The van der Waals surface area contributed by atoms with Crippen LogP contribution in [-0.2, 0) is 0 Å². The van der Waals surface area contributed by atoms with Gasteiger partial charge in [0.1, 0.15) is 0 Å². The van der Waals surface area contributed by atoms with Crippen LogP contribution in [0.1, 0.15) is 23.3 Å². The van der Waals surface area contributed by atoms with Crippen molar-refractivity contribution < 1.29 is 10.0 Å². The largest absolute Gasteiger partial charge is 0.411 e. The third-order valence-electron chi connectivity index (χ3n) is 2.35. The van der Waals surface area contributed by atoms with Crippen LogP contribution in [-0.4, -0.2) is 44.4 Å². The highest BCUT2D eigenvalue weighted by molar-refractivity contribution is 7.03. The lowest BCUT2D eigenvalue weighted by molar-refractivity contribution is 0.0748. The molecule has 1 aliphatic rings. The molecule has 1 saturated heterocycles. The quantitative estimate of drug-likeness (QED) is 0.562. The second-order valence-electron chi connectivity index (χ2n) is 3.25. The number of rotatable bonds is 1. The van der Waals surface area contributed by atoms with E-state index >= 15 is 0 Å². The van der Waals surface area contributed by atoms with Crippen LogP contribution in [0.4, 0.5) is 0 Å². The first kappa shape index (κ1) is 10.0. The van der Waals surface area contributed by atoms with Gasteiger partial charge in [-0.25, -0.2) is 0 Å². The smallest absolute Gasteiger partial charge is 0.275 e. The van der Waals surface area contributed by atoms with Crippen LogP contribution >= 0.6 is 11.5 Å². The van der Waals surface area contributed by atoms with E-state index in [1.54, 1.807) is 10.3 Å². The third kappa shape index (κ3) is 2.12. The molecule has 80 valence electrons. The number of hydrogen-bond donors (Lipinski definition) is 1. The van der Waals surface area contributed by atoms with Gasteiger partial charge in [-0.1, -0.05) is 9.64 Å². The molecule has 2 rings (SSSR count). The van der Waals surface area contributed by atoms with Crippen molar-refractivity contribution in [1.29, 1.82) is 0 Å². The molecule has 1 aromatic rings. The number of piperidine rings is 1. The second kappa shape index (κ2) is 4.35. The highest BCUT2D eigenvalue weighted by atomic mass is 32.1. The Labute approximate surface area is 90.4 Å². The number of amides is 1. The lowest BCUT2D eigenvalue weighted by Crippen LogP contribution is -2.38. The molecule has 0 aliphatic carbocycles. The molecule has 1 fully saturated rings. The molecule has 0 bridgehead atoms. The molecule has 2 heterocycles. The predicted molar refractivity (Wildman–Crippen MR) is 54.3 cm³/mol. The van der Waals surface area contributed by atoms with Gasteiger partial charge in [-0.2, -0.15) is 0 Å². The lowest BCUT2D eigenvalue weighted by atomic mass is 10.1. The normalized spacial score (nSPS) is 16.5. The second-order valence-corrected chi connectivity index (χ2v) is 3.86. The maximum absolute atomic E-state index is 11.8. The Morgan fingerprint density at radius 1 is 1.53 bits per heavy atom. The molecule has 7 heteroatoms. The van der Waals surface area contributed by atoms with Crippen molar-refractivity contribution in [3.05, 3.63) is 11.1 Å². The van der Waals surface area contributed by atoms with Crippen LogP contribution < -0.4 is 0 Å².